The fourth-order valence-corrected chi connectivity index (χ4v) is 5.59. The SMILES string of the molecule is O=C(Nc1ccc(N2CCOCC2)cc1)c1cccc(-c2csc(C(=O)Nc3ccc(N4CCOCC4)cc3)n2)c1. The zero-order valence-corrected chi connectivity index (χ0v) is 23.4. The Morgan fingerprint density at radius 2 is 1.24 bits per heavy atom. The standard InChI is InChI=1S/C31H31N5O4S/c37-29(32-24-4-8-26(9-5-24)35-12-16-39-17-13-35)23-3-1-2-22(20-23)28-21-41-31(34-28)30(38)33-25-6-10-27(11-7-25)36-14-18-40-19-15-36/h1-11,20-21H,12-19H2,(H,32,37)(H,33,38). The topological polar surface area (TPSA) is 96.0 Å². The summed E-state index contributed by atoms with van der Waals surface area (Å²) in [5.41, 5.74) is 5.58. The molecule has 0 atom stereocenters. The zero-order chi connectivity index (χ0) is 28.0. The minimum Gasteiger partial charge on any atom is -0.378 e. The van der Waals surface area contributed by atoms with Gasteiger partial charge in [-0.05, 0) is 60.7 Å². The van der Waals surface area contributed by atoms with Crippen molar-refractivity contribution in [3.63, 3.8) is 0 Å². The highest BCUT2D eigenvalue weighted by Gasteiger charge is 2.16. The third-order valence-corrected chi connectivity index (χ3v) is 7.96. The van der Waals surface area contributed by atoms with E-state index in [1.807, 2.05) is 66.0 Å². The average Bonchev–Trinajstić information content (AvgIpc) is 3.54. The van der Waals surface area contributed by atoms with Crippen LogP contribution in [0.4, 0.5) is 22.7 Å². The van der Waals surface area contributed by atoms with E-state index in [-0.39, 0.29) is 11.8 Å². The Labute approximate surface area is 242 Å². The van der Waals surface area contributed by atoms with Gasteiger partial charge in [-0.25, -0.2) is 4.98 Å². The molecule has 2 saturated heterocycles. The molecule has 0 unspecified atom stereocenters. The van der Waals surface area contributed by atoms with Crippen LogP contribution < -0.4 is 20.4 Å². The van der Waals surface area contributed by atoms with E-state index in [0.29, 0.717) is 22.0 Å². The van der Waals surface area contributed by atoms with E-state index < -0.39 is 0 Å². The molecule has 10 heteroatoms. The first-order valence-electron chi connectivity index (χ1n) is 13.7. The van der Waals surface area contributed by atoms with Gasteiger partial charge < -0.3 is 29.9 Å². The number of carbonyl (C=O) groups is 2. The molecule has 9 nitrogen and oxygen atoms in total. The Hall–Kier alpha value is -4.25. The first-order valence-corrected chi connectivity index (χ1v) is 14.5. The molecule has 3 aromatic carbocycles. The monoisotopic (exact) mass is 569 g/mol. The van der Waals surface area contributed by atoms with Crippen LogP contribution in [0.25, 0.3) is 11.3 Å². The molecule has 0 spiro atoms. The van der Waals surface area contributed by atoms with Crippen molar-refractivity contribution in [2.45, 2.75) is 0 Å². The molecule has 1 aromatic heterocycles. The number of nitrogens with zero attached hydrogens (tertiary/aromatic N) is 3. The molecule has 4 aromatic rings. The number of anilines is 4. The highest BCUT2D eigenvalue weighted by atomic mass is 32.1. The van der Waals surface area contributed by atoms with Crippen LogP contribution in [0.15, 0.2) is 78.2 Å². The second-order valence-corrected chi connectivity index (χ2v) is 10.7. The van der Waals surface area contributed by atoms with E-state index in [1.54, 1.807) is 12.1 Å². The van der Waals surface area contributed by atoms with Gasteiger partial charge in [-0.3, -0.25) is 9.59 Å². The summed E-state index contributed by atoms with van der Waals surface area (Å²) in [6.45, 7) is 6.34. The number of aromatic nitrogens is 1. The largest absolute Gasteiger partial charge is 0.378 e. The van der Waals surface area contributed by atoms with Gasteiger partial charge in [0.25, 0.3) is 11.8 Å². The molecule has 210 valence electrons. The molecule has 2 fully saturated rings. The number of rotatable bonds is 7. The lowest BCUT2D eigenvalue weighted by atomic mass is 10.1. The summed E-state index contributed by atoms with van der Waals surface area (Å²) < 4.78 is 10.8. The van der Waals surface area contributed by atoms with Crippen LogP contribution in [0.1, 0.15) is 20.2 Å². The first-order chi connectivity index (χ1) is 20.1. The molecule has 0 saturated carbocycles. The number of morpholine rings is 2. The van der Waals surface area contributed by atoms with Gasteiger partial charge >= 0.3 is 0 Å². The van der Waals surface area contributed by atoms with E-state index in [1.165, 1.54) is 11.3 Å². The molecular formula is C31H31N5O4S. The van der Waals surface area contributed by atoms with E-state index in [0.717, 1.165) is 75.2 Å². The molecule has 2 amide bonds. The van der Waals surface area contributed by atoms with Gasteiger partial charge in [-0.1, -0.05) is 12.1 Å². The molecule has 41 heavy (non-hydrogen) atoms. The van der Waals surface area contributed by atoms with Crippen molar-refractivity contribution >= 4 is 45.9 Å². The Balaban J connectivity index is 1.07. The Morgan fingerprint density at radius 1 is 0.707 bits per heavy atom. The second kappa shape index (κ2) is 12.5. The van der Waals surface area contributed by atoms with E-state index in [4.69, 9.17) is 9.47 Å². The van der Waals surface area contributed by atoms with E-state index >= 15 is 0 Å². The van der Waals surface area contributed by atoms with Crippen molar-refractivity contribution < 1.29 is 19.1 Å². The molecular weight excluding hydrogens is 538 g/mol. The first kappa shape index (κ1) is 26.9. The number of amides is 2. The predicted molar refractivity (Wildman–Crippen MR) is 162 cm³/mol. The van der Waals surface area contributed by atoms with Crippen LogP contribution in [0.2, 0.25) is 0 Å². The molecule has 3 heterocycles. The van der Waals surface area contributed by atoms with Crippen LogP contribution in [0, 0.1) is 0 Å². The third-order valence-electron chi connectivity index (χ3n) is 7.12. The Bertz CT molecular complexity index is 1490. The van der Waals surface area contributed by atoms with Crippen molar-refractivity contribution in [2.24, 2.45) is 0 Å². The molecule has 2 aliphatic heterocycles. The van der Waals surface area contributed by atoms with Crippen molar-refractivity contribution in [1.29, 1.82) is 0 Å². The molecule has 0 aliphatic carbocycles. The van der Waals surface area contributed by atoms with Gasteiger partial charge in [0.2, 0.25) is 0 Å². The summed E-state index contributed by atoms with van der Waals surface area (Å²) in [4.78, 5) is 35.0. The number of ether oxygens (including phenoxy) is 2. The Morgan fingerprint density at radius 3 is 1.80 bits per heavy atom. The molecule has 0 radical (unpaired) electrons. The average molecular weight is 570 g/mol. The van der Waals surface area contributed by atoms with Crippen LogP contribution in [0.3, 0.4) is 0 Å². The summed E-state index contributed by atoms with van der Waals surface area (Å²) in [5.74, 6) is -0.477. The normalized spacial score (nSPS) is 15.4. The maximum atomic E-state index is 13.0. The minimum absolute atomic E-state index is 0.209. The van der Waals surface area contributed by atoms with Gasteiger partial charge in [-0.2, -0.15) is 0 Å². The fraction of sp³-hybridized carbons (Fsp3) is 0.258. The van der Waals surface area contributed by atoms with Gasteiger partial charge in [-0.15, -0.1) is 11.3 Å². The minimum atomic E-state index is -0.269. The summed E-state index contributed by atoms with van der Waals surface area (Å²) in [7, 11) is 0. The number of hydrogen-bond donors (Lipinski definition) is 2. The zero-order valence-electron chi connectivity index (χ0n) is 22.5. The number of benzene rings is 3. The third kappa shape index (κ3) is 6.57. The highest BCUT2D eigenvalue weighted by Crippen LogP contribution is 2.25. The number of carbonyl (C=O) groups excluding carboxylic acids is 2. The van der Waals surface area contributed by atoms with Gasteiger partial charge in [0.15, 0.2) is 5.01 Å². The number of nitrogens with one attached hydrogen (secondary N) is 2. The van der Waals surface area contributed by atoms with Crippen molar-refractivity contribution in [3.8, 4) is 11.3 Å². The lowest BCUT2D eigenvalue weighted by Crippen LogP contribution is -2.36. The highest BCUT2D eigenvalue weighted by molar-refractivity contribution is 7.12. The molecule has 2 N–H and O–H groups in total. The van der Waals surface area contributed by atoms with Crippen molar-refractivity contribution in [2.75, 3.05) is 73.0 Å². The molecule has 0 bridgehead atoms. The maximum absolute atomic E-state index is 13.0. The van der Waals surface area contributed by atoms with E-state index in [9.17, 15) is 9.59 Å². The summed E-state index contributed by atoms with van der Waals surface area (Å²) in [5, 5.41) is 8.08. The molecule has 6 rings (SSSR count). The maximum Gasteiger partial charge on any atom is 0.284 e. The number of thiazole rings is 1. The van der Waals surface area contributed by atoms with E-state index in [2.05, 4.69) is 25.4 Å². The Kier molecular flexibility index (Phi) is 8.22. The fourth-order valence-electron chi connectivity index (χ4n) is 4.87. The summed E-state index contributed by atoms with van der Waals surface area (Å²) >= 11 is 1.27. The van der Waals surface area contributed by atoms with Crippen LogP contribution in [-0.2, 0) is 9.47 Å². The number of hydrogen-bond acceptors (Lipinski definition) is 8. The smallest absolute Gasteiger partial charge is 0.284 e. The van der Waals surface area contributed by atoms with Gasteiger partial charge in [0, 0.05) is 65.4 Å². The quantitative estimate of drug-likeness (QED) is 0.324. The van der Waals surface area contributed by atoms with Crippen LogP contribution in [0.5, 0.6) is 0 Å². The van der Waals surface area contributed by atoms with Crippen LogP contribution >= 0.6 is 11.3 Å². The van der Waals surface area contributed by atoms with Crippen molar-refractivity contribution in [1.82, 2.24) is 4.98 Å². The molecule has 2 aliphatic rings. The second-order valence-electron chi connectivity index (χ2n) is 9.82. The van der Waals surface area contributed by atoms with Crippen molar-refractivity contribution in [3.05, 3.63) is 88.7 Å². The summed E-state index contributed by atoms with van der Waals surface area (Å²) in [6, 6.07) is 22.9. The van der Waals surface area contributed by atoms with Crippen LogP contribution in [-0.4, -0.2) is 69.4 Å². The lowest BCUT2D eigenvalue weighted by Gasteiger charge is -2.28. The van der Waals surface area contributed by atoms with Gasteiger partial charge in [0.05, 0.1) is 32.1 Å². The predicted octanol–water partition coefficient (Wildman–Crippen LogP) is 4.99. The summed E-state index contributed by atoms with van der Waals surface area (Å²) in [6.07, 6.45) is 0. The van der Waals surface area contributed by atoms with Gasteiger partial charge in [0.1, 0.15) is 0 Å². The lowest BCUT2D eigenvalue weighted by molar-refractivity contribution is 0.101.